The lowest BCUT2D eigenvalue weighted by Crippen LogP contribution is -2.51. The van der Waals surface area contributed by atoms with Gasteiger partial charge in [-0.05, 0) is 44.4 Å². The van der Waals surface area contributed by atoms with Crippen LogP contribution >= 0.6 is 11.8 Å². The molecule has 9 nitrogen and oxygen atoms in total. The molecule has 2 amide bonds. The minimum absolute atomic E-state index is 0.0443. The van der Waals surface area contributed by atoms with E-state index >= 15 is 0 Å². The normalized spacial score (nSPS) is 16.9. The molecule has 0 bridgehead atoms. The topological polar surface area (TPSA) is 86.9 Å². The van der Waals surface area contributed by atoms with E-state index in [1.165, 1.54) is 11.8 Å². The maximum absolute atomic E-state index is 13.4. The highest BCUT2D eigenvalue weighted by molar-refractivity contribution is 7.98. The average Bonchev–Trinajstić information content (AvgIpc) is 3.53. The molecule has 2 saturated heterocycles. The Hall–Kier alpha value is -2.98. The molecule has 2 aliphatic rings. The molecule has 0 spiro atoms. The van der Waals surface area contributed by atoms with Crippen molar-refractivity contribution in [1.82, 2.24) is 34.3 Å². The number of piperazine rings is 1. The van der Waals surface area contributed by atoms with E-state index in [1.807, 2.05) is 54.0 Å². The van der Waals surface area contributed by atoms with E-state index in [4.69, 9.17) is 0 Å². The number of carbonyl (C=O) groups is 2. The van der Waals surface area contributed by atoms with Crippen molar-refractivity contribution in [1.29, 1.82) is 0 Å². The van der Waals surface area contributed by atoms with Crippen LogP contribution in [-0.4, -0.2) is 91.9 Å². The first-order valence-corrected chi connectivity index (χ1v) is 13.2. The van der Waals surface area contributed by atoms with Crippen LogP contribution in [0.5, 0.6) is 0 Å². The molecule has 0 unspecified atom stereocenters. The first-order chi connectivity index (χ1) is 17.0. The number of amides is 2. The number of aromatic nitrogens is 4. The zero-order valence-electron chi connectivity index (χ0n) is 20.3. The van der Waals surface area contributed by atoms with E-state index in [1.54, 1.807) is 4.52 Å². The second-order valence-electron chi connectivity index (χ2n) is 9.25. The minimum atomic E-state index is 0.0443. The first kappa shape index (κ1) is 23.7. The summed E-state index contributed by atoms with van der Waals surface area (Å²) >= 11 is 1.51. The molecule has 1 aromatic carbocycles. The molecule has 2 aliphatic heterocycles. The number of rotatable bonds is 6. The van der Waals surface area contributed by atoms with Gasteiger partial charge in [-0.3, -0.25) is 14.5 Å². The molecule has 0 N–H and O–H groups in total. The largest absolute Gasteiger partial charge is 0.342 e. The van der Waals surface area contributed by atoms with Gasteiger partial charge >= 0.3 is 0 Å². The van der Waals surface area contributed by atoms with Crippen molar-refractivity contribution in [2.24, 2.45) is 0 Å². The summed E-state index contributed by atoms with van der Waals surface area (Å²) in [5.74, 6) is 1.45. The summed E-state index contributed by atoms with van der Waals surface area (Å²) in [7, 11) is 0. The maximum Gasteiger partial charge on any atom is 0.254 e. The van der Waals surface area contributed by atoms with E-state index in [9.17, 15) is 9.59 Å². The number of hydrogen-bond acceptors (Lipinski definition) is 7. The van der Waals surface area contributed by atoms with Crippen LogP contribution in [0.25, 0.3) is 5.78 Å². The van der Waals surface area contributed by atoms with E-state index in [2.05, 4.69) is 20.0 Å². The number of likely N-dealkylation sites (tertiary alicyclic amines) is 1. The van der Waals surface area contributed by atoms with Gasteiger partial charge in [-0.1, -0.05) is 30.0 Å². The quantitative estimate of drug-likeness (QED) is 0.488. The lowest BCUT2D eigenvalue weighted by atomic mass is 10.1. The van der Waals surface area contributed by atoms with Crippen molar-refractivity contribution < 1.29 is 9.59 Å². The zero-order valence-corrected chi connectivity index (χ0v) is 21.1. The van der Waals surface area contributed by atoms with Crippen LogP contribution in [0.3, 0.4) is 0 Å². The number of nitrogens with zero attached hydrogens (tertiary/aromatic N) is 7. The summed E-state index contributed by atoms with van der Waals surface area (Å²) in [6.07, 6.45) is 2.21. The van der Waals surface area contributed by atoms with Crippen molar-refractivity contribution in [2.45, 2.75) is 37.6 Å². The monoisotopic (exact) mass is 493 g/mol. The molecule has 0 atom stereocenters. The molecule has 0 saturated carbocycles. The van der Waals surface area contributed by atoms with Gasteiger partial charge in [0.2, 0.25) is 11.1 Å². The number of benzene rings is 1. The predicted octanol–water partition coefficient (Wildman–Crippen LogP) is 2.41. The SMILES string of the molecule is Cc1cc(C)n2nc(SCc3ccccc3C(=O)N3CCN(CC(=O)N4CCCC4)CC3)nc2n1. The minimum Gasteiger partial charge on any atom is -0.342 e. The highest BCUT2D eigenvalue weighted by Gasteiger charge is 2.26. The molecule has 0 radical (unpaired) electrons. The molecule has 2 aromatic heterocycles. The van der Waals surface area contributed by atoms with E-state index in [-0.39, 0.29) is 11.8 Å². The number of hydrogen-bond donors (Lipinski definition) is 0. The summed E-state index contributed by atoms with van der Waals surface area (Å²) in [5, 5.41) is 5.21. The van der Waals surface area contributed by atoms with Gasteiger partial charge in [0.25, 0.3) is 11.7 Å². The second kappa shape index (κ2) is 10.3. The average molecular weight is 494 g/mol. The van der Waals surface area contributed by atoms with Crippen LogP contribution in [0, 0.1) is 13.8 Å². The van der Waals surface area contributed by atoms with Gasteiger partial charge < -0.3 is 9.80 Å². The third-order valence-electron chi connectivity index (χ3n) is 6.68. The molecule has 184 valence electrons. The lowest BCUT2D eigenvalue weighted by molar-refractivity contribution is -0.131. The van der Waals surface area contributed by atoms with Crippen molar-refractivity contribution >= 4 is 29.4 Å². The van der Waals surface area contributed by atoms with Crippen LogP contribution in [0.15, 0.2) is 35.5 Å². The van der Waals surface area contributed by atoms with Gasteiger partial charge in [-0.25, -0.2) is 9.50 Å². The Labute approximate surface area is 209 Å². The Bertz CT molecular complexity index is 1230. The number of aryl methyl sites for hydroxylation is 2. The fourth-order valence-corrected chi connectivity index (χ4v) is 5.57. The van der Waals surface area contributed by atoms with Crippen LogP contribution < -0.4 is 0 Å². The number of fused-ring (bicyclic) bond motifs is 1. The van der Waals surface area contributed by atoms with Gasteiger partial charge in [0.1, 0.15) is 0 Å². The summed E-state index contributed by atoms with van der Waals surface area (Å²) in [6, 6.07) is 9.74. The molecule has 3 aromatic rings. The lowest BCUT2D eigenvalue weighted by Gasteiger charge is -2.35. The molecule has 0 aliphatic carbocycles. The summed E-state index contributed by atoms with van der Waals surface area (Å²) in [6.45, 7) is 8.85. The van der Waals surface area contributed by atoms with Gasteiger partial charge in [0.05, 0.1) is 6.54 Å². The summed E-state index contributed by atoms with van der Waals surface area (Å²) < 4.78 is 1.75. The second-order valence-corrected chi connectivity index (χ2v) is 10.2. The number of thioether (sulfide) groups is 1. The molecular formula is C25H31N7O2S. The van der Waals surface area contributed by atoms with Crippen LogP contribution in [-0.2, 0) is 10.5 Å². The van der Waals surface area contributed by atoms with Gasteiger partial charge in [0, 0.05) is 62.0 Å². The molecule has 2 fully saturated rings. The van der Waals surface area contributed by atoms with E-state index < -0.39 is 0 Å². The van der Waals surface area contributed by atoms with Crippen molar-refractivity contribution in [3.8, 4) is 0 Å². The fourth-order valence-electron chi connectivity index (χ4n) is 4.74. The van der Waals surface area contributed by atoms with E-state index in [0.717, 1.165) is 61.5 Å². The molecule has 5 rings (SSSR count). The summed E-state index contributed by atoms with van der Waals surface area (Å²) in [5.41, 5.74) is 3.59. The Morgan fingerprint density at radius 1 is 0.943 bits per heavy atom. The van der Waals surface area contributed by atoms with Gasteiger partial charge in [-0.15, -0.1) is 5.10 Å². The van der Waals surface area contributed by atoms with Crippen LogP contribution in [0.1, 0.15) is 40.2 Å². The molecule has 4 heterocycles. The Kier molecular flexibility index (Phi) is 7.01. The zero-order chi connectivity index (χ0) is 24.4. The maximum atomic E-state index is 13.4. The summed E-state index contributed by atoms with van der Waals surface area (Å²) in [4.78, 5) is 40.9. The molecule has 35 heavy (non-hydrogen) atoms. The highest BCUT2D eigenvalue weighted by Crippen LogP contribution is 2.24. The van der Waals surface area contributed by atoms with Crippen LogP contribution in [0.2, 0.25) is 0 Å². The smallest absolute Gasteiger partial charge is 0.254 e. The Morgan fingerprint density at radius 2 is 1.69 bits per heavy atom. The Morgan fingerprint density at radius 3 is 2.46 bits per heavy atom. The standard InChI is InChI=1S/C25H31N7O2S/c1-18-15-19(2)32-24(26-18)27-25(28-32)35-17-20-7-3-4-8-21(20)23(34)31-13-11-29(12-14-31)16-22(33)30-9-5-6-10-30/h3-4,7-8,15H,5-6,9-14,16-17H2,1-2H3. The fraction of sp³-hybridized carbons (Fsp3) is 0.480. The van der Waals surface area contributed by atoms with Crippen molar-refractivity contribution in [3.63, 3.8) is 0 Å². The third kappa shape index (κ3) is 5.33. The van der Waals surface area contributed by atoms with Gasteiger partial charge in [-0.2, -0.15) is 4.98 Å². The highest BCUT2D eigenvalue weighted by atomic mass is 32.2. The van der Waals surface area contributed by atoms with Crippen molar-refractivity contribution in [3.05, 3.63) is 52.8 Å². The van der Waals surface area contributed by atoms with Crippen molar-refractivity contribution in [2.75, 3.05) is 45.8 Å². The first-order valence-electron chi connectivity index (χ1n) is 12.2. The van der Waals surface area contributed by atoms with Gasteiger partial charge in [0.15, 0.2) is 0 Å². The van der Waals surface area contributed by atoms with Crippen LogP contribution in [0.4, 0.5) is 0 Å². The predicted molar refractivity (Wildman–Crippen MR) is 134 cm³/mol. The number of carbonyl (C=O) groups excluding carboxylic acids is 2. The Balaban J connectivity index is 1.20. The molecule has 10 heteroatoms. The molecular weight excluding hydrogens is 462 g/mol. The third-order valence-corrected chi connectivity index (χ3v) is 7.57. The van der Waals surface area contributed by atoms with E-state index in [0.29, 0.717) is 36.3 Å².